The van der Waals surface area contributed by atoms with Gasteiger partial charge in [-0.25, -0.2) is 0 Å². The van der Waals surface area contributed by atoms with Gasteiger partial charge >= 0.3 is 0 Å². The van der Waals surface area contributed by atoms with Crippen LogP contribution in [0.3, 0.4) is 0 Å². The van der Waals surface area contributed by atoms with E-state index in [1.54, 1.807) is 0 Å². The van der Waals surface area contributed by atoms with E-state index in [-0.39, 0.29) is 0 Å². The summed E-state index contributed by atoms with van der Waals surface area (Å²) < 4.78 is 4.82. The van der Waals surface area contributed by atoms with Crippen molar-refractivity contribution in [1.29, 1.82) is 0 Å². The lowest BCUT2D eigenvalue weighted by atomic mass is 10.1. The molecule has 0 spiro atoms. The van der Waals surface area contributed by atoms with Crippen molar-refractivity contribution in [3.63, 3.8) is 0 Å². The molecule has 40 heavy (non-hydrogen) atoms. The monoisotopic (exact) mass is 516 g/mol. The maximum atomic E-state index is 2.41. The first-order valence-corrected chi connectivity index (χ1v) is 14.2. The molecule has 0 saturated carbocycles. The molecule has 0 aliphatic carbocycles. The molecule has 0 atom stereocenters. The quantitative estimate of drug-likeness (QED) is 0.195. The molecular formula is C38H32N2. The summed E-state index contributed by atoms with van der Waals surface area (Å²) >= 11 is 0. The van der Waals surface area contributed by atoms with Crippen molar-refractivity contribution in [3.05, 3.63) is 131 Å². The number of rotatable bonds is 6. The summed E-state index contributed by atoms with van der Waals surface area (Å²) in [5.74, 6) is 0. The van der Waals surface area contributed by atoms with Crippen molar-refractivity contribution in [2.45, 2.75) is 26.9 Å². The van der Waals surface area contributed by atoms with Gasteiger partial charge in [-0.2, -0.15) is 0 Å². The van der Waals surface area contributed by atoms with Gasteiger partial charge in [-0.1, -0.05) is 103 Å². The SMILES string of the molecule is CCn1c2ccccc2c2ccc(C=Cc3cccc(C=Cc4ccc5c6ccccc6n(CC)c5c4)c3)cc21. The zero-order valence-corrected chi connectivity index (χ0v) is 23.0. The molecule has 7 aromatic rings. The molecule has 0 saturated heterocycles. The van der Waals surface area contributed by atoms with Gasteiger partial charge in [0.25, 0.3) is 0 Å². The first kappa shape index (κ1) is 24.2. The Morgan fingerprint density at radius 2 is 0.800 bits per heavy atom. The molecule has 5 aromatic carbocycles. The fraction of sp³-hybridized carbons (Fsp3) is 0.105. The molecule has 0 aliphatic heterocycles. The van der Waals surface area contributed by atoms with E-state index in [9.17, 15) is 0 Å². The fourth-order valence-electron chi connectivity index (χ4n) is 6.17. The molecule has 2 nitrogen and oxygen atoms in total. The Kier molecular flexibility index (Phi) is 6.09. The Morgan fingerprint density at radius 3 is 1.25 bits per heavy atom. The van der Waals surface area contributed by atoms with Crippen molar-refractivity contribution in [2.75, 3.05) is 0 Å². The second-order valence-corrected chi connectivity index (χ2v) is 10.4. The van der Waals surface area contributed by atoms with Crippen molar-refractivity contribution in [1.82, 2.24) is 9.13 Å². The van der Waals surface area contributed by atoms with E-state index in [0.717, 1.165) is 13.1 Å². The van der Waals surface area contributed by atoms with Crippen molar-refractivity contribution in [2.24, 2.45) is 0 Å². The largest absolute Gasteiger partial charge is 0.341 e. The van der Waals surface area contributed by atoms with E-state index >= 15 is 0 Å². The molecular weight excluding hydrogens is 484 g/mol. The minimum Gasteiger partial charge on any atom is -0.341 e. The lowest BCUT2D eigenvalue weighted by Gasteiger charge is -2.04. The molecule has 0 aliphatic rings. The highest BCUT2D eigenvalue weighted by atomic mass is 15.0. The van der Waals surface area contributed by atoms with Gasteiger partial charge in [0, 0.05) is 56.7 Å². The van der Waals surface area contributed by atoms with Crippen LogP contribution in [0.1, 0.15) is 36.1 Å². The number of nitrogens with zero attached hydrogens (tertiary/aromatic N) is 2. The molecule has 0 bridgehead atoms. The Labute approximate surface area is 235 Å². The summed E-state index contributed by atoms with van der Waals surface area (Å²) in [5, 5.41) is 5.29. The van der Waals surface area contributed by atoms with Crippen LogP contribution in [0.2, 0.25) is 0 Å². The lowest BCUT2D eigenvalue weighted by molar-refractivity contribution is 0.827. The van der Waals surface area contributed by atoms with E-state index in [0.29, 0.717) is 0 Å². The van der Waals surface area contributed by atoms with Crippen LogP contribution in [-0.2, 0) is 13.1 Å². The van der Waals surface area contributed by atoms with Crippen LogP contribution >= 0.6 is 0 Å². The van der Waals surface area contributed by atoms with Crippen LogP contribution in [0.4, 0.5) is 0 Å². The normalized spacial score (nSPS) is 12.2. The predicted molar refractivity (Wildman–Crippen MR) is 175 cm³/mol. The summed E-state index contributed by atoms with van der Waals surface area (Å²) in [4.78, 5) is 0. The highest BCUT2D eigenvalue weighted by molar-refractivity contribution is 6.09. The Morgan fingerprint density at radius 1 is 0.400 bits per heavy atom. The van der Waals surface area contributed by atoms with Gasteiger partial charge in [-0.15, -0.1) is 0 Å². The average Bonchev–Trinajstić information content (AvgIpc) is 3.50. The summed E-state index contributed by atoms with van der Waals surface area (Å²) in [6.45, 7) is 6.35. The Balaban J connectivity index is 1.16. The van der Waals surface area contributed by atoms with Gasteiger partial charge in [0.1, 0.15) is 0 Å². The lowest BCUT2D eigenvalue weighted by Crippen LogP contribution is -1.92. The van der Waals surface area contributed by atoms with Crippen molar-refractivity contribution in [3.8, 4) is 0 Å². The van der Waals surface area contributed by atoms with Crippen molar-refractivity contribution >= 4 is 67.9 Å². The zero-order chi connectivity index (χ0) is 27.1. The molecule has 0 amide bonds. The second-order valence-electron chi connectivity index (χ2n) is 10.4. The smallest absolute Gasteiger partial charge is 0.0497 e. The molecule has 2 aromatic heterocycles. The number of benzene rings is 5. The minimum atomic E-state index is 0.958. The number of para-hydroxylation sites is 2. The first-order chi connectivity index (χ1) is 19.7. The first-order valence-electron chi connectivity index (χ1n) is 14.2. The number of aromatic nitrogens is 2. The van der Waals surface area contributed by atoms with Crippen LogP contribution in [0.5, 0.6) is 0 Å². The minimum absolute atomic E-state index is 0.958. The molecule has 0 N–H and O–H groups in total. The van der Waals surface area contributed by atoms with Crippen LogP contribution in [0.25, 0.3) is 67.9 Å². The van der Waals surface area contributed by atoms with E-state index in [4.69, 9.17) is 0 Å². The molecule has 7 rings (SSSR count). The molecule has 2 heteroatoms. The zero-order valence-electron chi connectivity index (χ0n) is 23.0. The van der Waals surface area contributed by atoms with Gasteiger partial charge < -0.3 is 9.13 Å². The van der Waals surface area contributed by atoms with Gasteiger partial charge in [0.05, 0.1) is 0 Å². The summed E-state index contributed by atoms with van der Waals surface area (Å²) in [6.07, 6.45) is 8.86. The third-order valence-electron chi connectivity index (χ3n) is 8.07. The van der Waals surface area contributed by atoms with Crippen LogP contribution < -0.4 is 0 Å². The number of hydrogen-bond acceptors (Lipinski definition) is 0. The van der Waals surface area contributed by atoms with Crippen LogP contribution in [-0.4, -0.2) is 9.13 Å². The number of fused-ring (bicyclic) bond motifs is 6. The van der Waals surface area contributed by atoms with Gasteiger partial charge in [0.2, 0.25) is 0 Å². The van der Waals surface area contributed by atoms with Gasteiger partial charge in [-0.3, -0.25) is 0 Å². The maximum absolute atomic E-state index is 2.41. The van der Waals surface area contributed by atoms with E-state index in [1.165, 1.54) is 65.9 Å². The van der Waals surface area contributed by atoms with Gasteiger partial charge in [0.15, 0.2) is 0 Å². The Bertz CT molecular complexity index is 1930. The summed E-state index contributed by atoms with van der Waals surface area (Å²) in [6, 6.07) is 39.7. The third kappa shape index (κ3) is 4.13. The highest BCUT2D eigenvalue weighted by Gasteiger charge is 2.10. The summed E-state index contributed by atoms with van der Waals surface area (Å²) in [7, 11) is 0. The number of hydrogen-bond donors (Lipinski definition) is 0. The van der Waals surface area contributed by atoms with Crippen LogP contribution in [0, 0.1) is 0 Å². The molecule has 194 valence electrons. The third-order valence-corrected chi connectivity index (χ3v) is 8.07. The van der Waals surface area contributed by atoms with E-state index < -0.39 is 0 Å². The van der Waals surface area contributed by atoms with E-state index in [1.807, 2.05) is 0 Å². The highest BCUT2D eigenvalue weighted by Crippen LogP contribution is 2.31. The predicted octanol–water partition coefficient (Wildman–Crippen LogP) is 10.3. The van der Waals surface area contributed by atoms with Gasteiger partial charge in [-0.05, 0) is 66.4 Å². The topological polar surface area (TPSA) is 9.86 Å². The average molecular weight is 517 g/mol. The number of aryl methyl sites for hydroxylation is 2. The maximum Gasteiger partial charge on any atom is 0.0497 e. The fourth-order valence-corrected chi connectivity index (χ4v) is 6.17. The molecule has 0 unspecified atom stereocenters. The van der Waals surface area contributed by atoms with Crippen LogP contribution in [0.15, 0.2) is 109 Å². The van der Waals surface area contributed by atoms with Crippen molar-refractivity contribution < 1.29 is 0 Å². The molecule has 2 heterocycles. The second kappa shape index (κ2) is 10.1. The Hall–Kier alpha value is -4.82. The van der Waals surface area contributed by atoms with E-state index in [2.05, 4.69) is 156 Å². The molecule has 0 radical (unpaired) electrons. The molecule has 0 fully saturated rings. The standard InChI is InChI=1S/C38H32N2/c1-3-39-35-14-7-5-12-31(35)33-22-20-29(25-37(33)39)18-16-27-10-9-11-28(24-27)17-19-30-21-23-34-32-13-6-8-15-36(32)40(4-2)38(34)26-30/h5-26H,3-4H2,1-2H3. The summed E-state index contributed by atoms with van der Waals surface area (Å²) in [5.41, 5.74) is 10.0.